The SMILES string of the molecule is CCC(NN)c1sccc1Cl. The molecule has 0 radical (unpaired) electrons. The van der Waals surface area contributed by atoms with Gasteiger partial charge in [0.15, 0.2) is 0 Å². The van der Waals surface area contributed by atoms with Crippen molar-refractivity contribution in [3.05, 3.63) is 21.3 Å². The second-order valence-electron chi connectivity index (χ2n) is 2.26. The van der Waals surface area contributed by atoms with Crippen LogP contribution in [0, 0.1) is 0 Å². The first kappa shape index (κ1) is 9.00. The smallest absolute Gasteiger partial charge is 0.0565 e. The van der Waals surface area contributed by atoms with Gasteiger partial charge >= 0.3 is 0 Å². The molecule has 2 nitrogen and oxygen atoms in total. The van der Waals surface area contributed by atoms with Crippen LogP contribution in [0.1, 0.15) is 24.3 Å². The molecule has 0 saturated carbocycles. The van der Waals surface area contributed by atoms with E-state index in [2.05, 4.69) is 12.3 Å². The molecule has 1 heterocycles. The van der Waals surface area contributed by atoms with Crippen molar-refractivity contribution in [2.75, 3.05) is 0 Å². The molecule has 0 aliphatic rings. The number of thiophene rings is 1. The van der Waals surface area contributed by atoms with E-state index in [1.54, 1.807) is 11.3 Å². The van der Waals surface area contributed by atoms with Gasteiger partial charge in [0.2, 0.25) is 0 Å². The van der Waals surface area contributed by atoms with Gasteiger partial charge in [0.1, 0.15) is 0 Å². The molecule has 0 saturated heterocycles. The number of halogens is 1. The van der Waals surface area contributed by atoms with Crippen LogP contribution in [0.15, 0.2) is 11.4 Å². The minimum atomic E-state index is 0.197. The minimum absolute atomic E-state index is 0.197. The highest BCUT2D eigenvalue weighted by Gasteiger charge is 2.11. The Labute approximate surface area is 75.3 Å². The van der Waals surface area contributed by atoms with E-state index in [0.717, 1.165) is 16.3 Å². The maximum atomic E-state index is 5.91. The van der Waals surface area contributed by atoms with Gasteiger partial charge in [-0.25, -0.2) is 0 Å². The van der Waals surface area contributed by atoms with Gasteiger partial charge in [-0.05, 0) is 17.9 Å². The van der Waals surface area contributed by atoms with Crippen LogP contribution in [-0.4, -0.2) is 0 Å². The molecule has 0 aliphatic carbocycles. The van der Waals surface area contributed by atoms with E-state index in [9.17, 15) is 0 Å². The van der Waals surface area contributed by atoms with Crippen LogP contribution in [0.25, 0.3) is 0 Å². The maximum Gasteiger partial charge on any atom is 0.0565 e. The highest BCUT2D eigenvalue weighted by molar-refractivity contribution is 7.10. The van der Waals surface area contributed by atoms with Crippen LogP contribution in [-0.2, 0) is 0 Å². The van der Waals surface area contributed by atoms with E-state index in [0.29, 0.717) is 0 Å². The zero-order valence-electron chi connectivity index (χ0n) is 6.30. The molecule has 1 aromatic heterocycles. The molecule has 0 spiro atoms. The van der Waals surface area contributed by atoms with Gasteiger partial charge in [-0.3, -0.25) is 11.3 Å². The average Bonchev–Trinajstić information content (AvgIpc) is 2.40. The molecule has 0 bridgehead atoms. The Hall–Kier alpha value is -0.0900. The van der Waals surface area contributed by atoms with E-state index in [1.165, 1.54) is 0 Å². The van der Waals surface area contributed by atoms with Gasteiger partial charge in [0.05, 0.1) is 11.1 Å². The second kappa shape index (κ2) is 4.07. The van der Waals surface area contributed by atoms with E-state index in [4.69, 9.17) is 17.4 Å². The van der Waals surface area contributed by atoms with E-state index in [1.807, 2.05) is 11.4 Å². The Balaban J connectivity index is 2.81. The summed E-state index contributed by atoms with van der Waals surface area (Å²) in [5, 5.41) is 2.78. The van der Waals surface area contributed by atoms with E-state index >= 15 is 0 Å². The summed E-state index contributed by atoms with van der Waals surface area (Å²) in [5.41, 5.74) is 2.72. The first-order chi connectivity index (χ1) is 5.29. The van der Waals surface area contributed by atoms with Crippen molar-refractivity contribution < 1.29 is 0 Å². The minimum Gasteiger partial charge on any atom is -0.271 e. The summed E-state index contributed by atoms with van der Waals surface area (Å²) in [7, 11) is 0. The van der Waals surface area contributed by atoms with E-state index in [-0.39, 0.29) is 6.04 Å². The lowest BCUT2D eigenvalue weighted by atomic mass is 10.2. The Morgan fingerprint density at radius 1 is 1.82 bits per heavy atom. The summed E-state index contributed by atoms with van der Waals surface area (Å²) in [5.74, 6) is 5.34. The Morgan fingerprint density at radius 2 is 2.55 bits per heavy atom. The lowest BCUT2D eigenvalue weighted by Gasteiger charge is -2.11. The van der Waals surface area contributed by atoms with Crippen molar-refractivity contribution >= 4 is 22.9 Å². The number of hydrogen-bond acceptors (Lipinski definition) is 3. The van der Waals surface area contributed by atoms with Crippen molar-refractivity contribution in [3.63, 3.8) is 0 Å². The maximum absolute atomic E-state index is 5.91. The standard InChI is InChI=1S/C7H11ClN2S/c1-2-6(10-9)7-5(8)3-4-11-7/h3-4,6,10H,2,9H2,1H3. The Kier molecular flexibility index (Phi) is 3.33. The predicted octanol–water partition coefficient (Wildman–Crippen LogP) is 2.32. The first-order valence-corrected chi connectivity index (χ1v) is 4.74. The molecule has 4 heteroatoms. The average molecular weight is 191 g/mol. The summed E-state index contributed by atoms with van der Waals surface area (Å²) in [6, 6.07) is 2.09. The van der Waals surface area contributed by atoms with Gasteiger partial charge in [-0.2, -0.15) is 0 Å². The molecule has 0 amide bonds. The molecule has 0 aliphatic heterocycles. The topological polar surface area (TPSA) is 38.0 Å². The van der Waals surface area contributed by atoms with Gasteiger partial charge < -0.3 is 0 Å². The van der Waals surface area contributed by atoms with Gasteiger partial charge in [-0.1, -0.05) is 18.5 Å². The zero-order chi connectivity index (χ0) is 8.27. The largest absolute Gasteiger partial charge is 0.271 e. The molecule has 1 atom stereocenters. The third-order valence-electron chi connectivity index (χ3n) is 1.57. The summed E-state index contributed by atoms with van der Waals surface area (Å²) in [6.45, 7) is 2.07. The Bertz CT molecular complexity index is 220. The molecule has 62 valence electrons. The Morgan fingerprint density at radius 3 is 2.91 bits per heavy atom. The monoisotopic (exact) mass is 190 g/mol. The normalized spacial score (nSPS) is 13.4. The summed E-state index contributed by atoms with van der Waals surface area (Å²) in [6.07, 6.45) is 0.955. The number of rotatable bonds is 3. The molecule has 1 rings (SSSR count). The lowest BCUT2D eigenvalue weighted by molar-refractivity contribution is 0.548. The first-order valence-electron chi connectivity index (χ1n) is 3.48. The van der Waals surface area contributed by atoms with Crippen LogP contribution in [0.2, 0.25) is 5.02 Å². The molecule has 1 unspecified atom stereocenters. The lowest BCUT2D eigenvalue weighted by Crippen LogP contribution is -2.26. The van der Waals surface area contributed by atoms with Crippen LogP contribution < -0.4 is 11.3 Å². The molecule has 3 N–H and O–H groups in total. The van der Waals surface area contributed by atoms with Crippen molar-refractivity contribution in [1.29, 1.82) is 0 Å². The van der Waals surface area contributed by atoms with Gasteiger partial charge in [0.25, 0.3) is 0 Å². The summed E-state index contributed by atoms with van der Waals surface area (Å²) >= 11 is 7.54. The van der Waals surface area contributed by atoms with Gasteiger partial charge in [0, 0.05) is 4.88 Å². The fourth-order valence-corrected chi connectivity index (χ4v) is 2.27. The van der Waals surface area contributed by atoms with Crippen LogP contribution in [0.5, 0.6) is 0 Å². The number of nitrogens with two attached hydrogens (primary N) is 1. The predicted molar refractivity (Wildman–Crippen MR) is 49.7 cm³/mol. The zero-order valence-corrected chi connectivity index (χ0v) is 7.88. The highest BCUT2D eigenvalue weighted by atomic mass is 35.5. The van der Waals surface area contributed by atoms with Crippen LogP contribution in [0.4, 0.5) is 0 Å². The quantitative estimate of drug-likeness (QED) is 0.567. The van der Waals surface area contributed by atoms with Crippen molar-refractivity contribution in [1.82, 2.24) is 5.43 Å². The molecule has 0 fully saturated rings. The third kappa shape index (κ3) is 1.93. The fourth-order valence-electron chi connectivity index (χ4n) is 0.933. The third-order valence-corrected chi connectivity index (χ3v) is 3.04. The molecule has 0 aromatic carbocycles. The highest BCUT2D eigenvalue weighted by Crippen LogP contribution is 2.29. The van der Waals surface area contributed by atoms with Crippen molar-refractivity contribution in [2.24, 2.45) is 5.84 Å². The van der Waals surface area contributed by atoms with Crippen LogP contribution >= 0.6 is 22.9 Å². The van der Waals surface area contributed by atoms with Crippen LogP contribution in [0.3, 0.4) is 0 Å². The van der Waals surface area contributed by atoms with Crippen molar-refractivity contribution in [2.45, 2.75) is 19.4 Å². The van der Waals surface area contributed by atoms with Gasteiger partial charge in [-0.15, -0.1) is 11.3 Å². The summed E-state index contributed by atoms with van der Waals surface area (Å²) in [4.78, 5) is 1.12. The number of nitrogens with one attached hydrogen (secondary N) is 1. The van der Waals surface area contributed by atoms with Crippen molar-refractivity contribution in [3.8, 4) is 0 Å². The molecule has 11 heavy (non-hydrogen) atoms. The second-order valence-corrected chi connectivity index (χ2v) is 3.62. The summed E-state index contributed by atoms with van der Waals surface area (Å²) < 4.78 is 0. The molecule has 1 aromatic rings. The van der Waals surface area contributed by atoms with E-state index < -0.39 is 0 Å². The molecular weight excluding hydrogens is 180 g/mol. The number of hydrogen-bond donors (Lipinski definition) is 2. The fraction of sp³-hybridized carbons (Fsp3) is 0.429. The molecular formula is C7H11ClN2S. The number of hydrazine groups is 1.